The highest BCUT2D eigenvalue weighted by atomic mass is 19.1. The van der Waals surface area contributed by atoms with Crippen molar-refractivity contribution in [2.75, 3.05) is 46.4 Å². The van der Waals surface area contributed by atoms with Crippen LogP contribution in [0.25, 0.3) is 5.70 Å². The highest BCUT2D eigenvalue weighted by molar-refractivity contribution is 5.69. The van der Waals surface area contributed by atoms with Crippen molar-refractivity contribution >= 4 is 11.8 Å². The normalized spacial score (nSPS) is 17.5. The number of piperazine rings is 1. The Morgan fingerprint density at radius 3 is 2.45 bits per heavy atom. The summed E-state index contributed by atoms with van der Waals surface area (Å²) in [6.45, 7) is 14.4. The molecule has 3 rings (SSSR count). The summed E-state index contributed by atoms with van der Waals surface area (Å²) >= 11 is 0. The third kappa shape index (κ3) is 7.12. The summed E-state index contributed by atoms with van der Waals surface area (Å²) < 4.78 is 24.9. The second kappa shape index (κ2) is 10.5. The smallest absolute Gasteiger partial charge is 0.410 e. The molecule has 1 amide bonds. The van der Waals surface area contributed by atoms with Crippen molar-refractivity contribution in [1.82, 2.24) is 20.2 Å². The van der Waals surface area contributed by atoms with Crippen molar-refractivity contribution < 1.29 is 18.7 Å². The van der Waals surface area contributed by atoms with E-state index in [9.17, 15) is 9.18 Å². The Balaban J connectivity index is 1.69. The molecule has 1 aromatic rings. The molecule has 0 atom stereocenters. The van der Waals surface area contributed by atoms with E-state index < -0.39 is 5.60 Å². The molecule has 0 spiro atoms. The van der Waals surface area contributed by atoms with Crippen LogP contribution in [0.2, 0.25) is 0 Å². The van der Waals surface area contributed by atoms with Crippen LogP contribution in [-0.4, -0.2) is 72.9 Å². The third-order valence-electron chi connectivity index (χ3n) is 5.37. The Morgan fingerprint density at radius 1 is 1.18 bits per heavy atom. The molecule has 182 valence electrons. The van der Waals surface area contributed by atoms with Gasteiger partial charge in [-0.2, -0.15) is 0 Å². The predicted octanol–water partition coefficient (Wildman–Crippen LogP) is 4.09. The fourth-order valence-electron chi connectivity index (χ4n) is 3.88. The molecular formula is C25H37FN4O3. The second-order valence-electron chi connectivity index (χ2n) is 10.0. The fourth-order valence-corrected chi connectivity index (χ4v) is 3.88. The molecule has 1 N–H and O–H groups in total. The predicted molar refractivity (Wildman–Crippen MR) is 128 cm³/mol. The van der Waals surface area contributed by atoms with Gasteiger partial charge in [-0.3, -0.25) is 15.3 Å². The highest BCUT2D eigenvalue weighted by Gasteiger charge is 2.26. The van der Waals surface area contributed by atoms with Crippen molar-refractivity contribution in [2.45, 2.75) is 40.2 Å². The van der Waals surface area contributed by atoms with E-state index in [2.05, 4.69) is 41.5 Å². The van der Waals surface area contributed by atoms with Gasteiger partial charge in [0.2, 0.25) is 0 Å². The number of rotatable bonds is 6. The van der Waals surface area contributed by atoms with E-state index in [-0.39, 0.29) is 17.7 Å². The van der Waals surface area contributed by atoms with E-state index in [0.717, 1.165) is 43.0 Å². The number of amides is 1. The van der Waals surface area contributed by atoms with Gasteiger partial charge in [0.15, 0.2) is 11.6 Å². The first-order valence-corrected chi connectivity index (χ1v) is 11.5. The number of ether oxygens (including phenoxy) is 2. The molecule has 1 aromatic carbocycles. The van der Waals surface area contributed by atoms with E-state index >= 15 is 0 Å². The van der Waals surface area contributed by atoms with Crippen LogP contribution < -0.4 is 10.2 Å². The van der Waals surface area contributed by atoms with Gasteiger partial charge in [-0.1, -0.05) is 13.8 Å². The van der Waals surface area contributed by atoms with E-state index in [1.165, 1.54) is 13.2 Å². The Hall–Kier alpha value is -2.74. The Bertz CT molecular complexity index is 899. The number of nitrogens with one attached hydrogen (secondary N) is 1. The number of hydrazine groups is 1. The molecule has 1 fully saturated rings. The van der Waals surface area contributed by atoms with Crippen LogP contribution in [0.3, 0.4) is 0 Å². The van der Waals surface area contributed by atoms with Crippen LogP contribution in [-0.2, 0) is 4.74 Å². The van der Waals surface area contributed by atoms with Crippen molar-refractivity contribution in [3.63, 3.8) is 0 Å². The largest absolute Gasteiger partial charge is 0.494 e. The van der Waals surface area contributed by atoms with Gasteiger partial charge in [0.1, 0.15) is 5.60 Å². The first kappa shape index (κ1) is 24.9. The number of carbonyl (C=O) groups excluding carboxylic acids is 1. The van der Waals surface area contributed by atoms with Gasteiger partial charge in [0.05, 0.1) is 12.8 Å². The number of methoxy groups -OCH3 is 1. The molecule has 0 bridgehead atoms. The molecule has 0 saturated carbocycles. The molecule has 1 saturated heterocycles. The number of halogens is 1. The molecule has 2 aliphatic rings. The minimum absolute atomic E-state index is 0.229. The lowest BCUT2D eigenvalue weighted by Crippen LogP contribution is -2.50. The van der Waals surface area contributed by atoms with Crippen LogP contribution in [0.5, 0.6) is 5.75 Å². The minimum atomic E-state index is -0.490. The van der Waals surface area contributed by atoms with Gasteiger partial charge in [-0.15, -0.1) is 0 Å². The molecule has 2 aliphatic heterocycles. The molecule has 0 radical (unpaired) electrons. The summed E-state index contributed by atoms with van der Waals surface area (Å²) in [4.78, 5) is 16.4. The number of benzene rings is 1. The van der Waals surface area contributed by atoms with Crippen molar-refractivity contribution in [3.05, 3.63) is 47.4 Å². The summed E-state index contributed by atoms with van der Waals surface area (Å²) in [5.74, 6) is 0.301. The van der Waals surface area contributed by atoms with Gasteiger partial charge < -0.3 is 14.4 Å². The molecular weight excluding hydrogens is 423 g/mol. The molecule has 8 heteroatoms. The Kier molecular flexibility index (Phi) is 7.89. The van der Waals surface area contributed by atoms with Gasteiger partial charge in [0, 0.05) is 51.0 Å². The summed E-state index contributed by atoms with van der Waals surface area (Å²) in [6, 6.07) is 5.00. The van der Waals surface area contributed by atoms with Gasteiger partial charge in [-0.25, -0.2) is 9.18 Å². The molecule has 2 heterocycles. The molecule has 0 aliphatic carbocycles. The average molecular weight is 461 g/mol. The average Bonchev–Trinajstić information content (AvgIpc) is 2.72. The monoisotopic (exact) mass is 460 g/mol. The first-order valence-electron chi connectivity index (χ1n) is 11.5. The van der Waals surface area contributed by atoms with Gasteiger partial charge in [-0.05, 0) is 56.5 Å². The van der Waals surface area contributed by atoms with Gasteiger partial charge in [0.25, 0.3) is 0 Å². The zero-order valence-electron chi connectivity index (χ0n) is 20.7. The lowest BCUT2D eigenvalue weighted by Gasteiger charge is -2.37. The molecule has 7 nitrogen and oxygen atoms in total. The van der Waals surface area contributed by atoms with Crippen molar-refractivity contribution in [2.24, 2.45) is 5.92 Å². The standard InChI is InChI=1S/C25H37FN4O3/c1-18(2)15-30-17-19(13-22(27-30)20-7-8-23(32-6)21(26)14-20)16-28-9-11-29(12-10-28)24(31)33-25(3,4)5/h7-8,13-14,17-18,27H,9-12,15-16H2,1-6H3. The van der Waals surface area contributed by atoms with Gasteiger partial charge >= 0.3 is 6.09 Å². The maximum Gasteiger partial charge on any atom is 0.410 e. The van der Waals surface area contributed by atoms with Crippen LogP contribution in [0.1, 0.15) is 40.2 Å². The quantitative estimate of drug-likeness (QED) is 0.690. The lowest BCUT2D eigenvalue weighted by molar-refractivity contribution is 0.0152. The van der Waals surface area contributed by atoms with Crippen LogP contribution in [0.4, 0.5) is 9.18 Å². The maximum absolute atomic E-state index is 14.3. The maximum atomic E-state index is 14.3. The summed E-state index contributed by atoms with van der Waals surface area (Å²) in [7, 11) is 1.46. The van der Waals surface area contributed by atoms with Crippen molar-refractivity contribution in [3.8, 4) is 5.75 Å². The van der Waals surface area contributed by atoms with E-state index in [1.54, 1.807) is 11.0 Å². The fraction of sp³-hybridized carbons (Fsp3) is 0.560. The van der Waals surface area contributed by atoms with E-state index in [0.29, 0.717) is 19.0 Å². The minimum Gasteiger partial charge on any atom is -0.494 e. The summed E-state index contributed by atoms with van der Waals surface area (Å²) in [6.07, 6.45) is 3.93. The first-order chi connectivity index (χ1) is 15.5. The summed E-state index contributed by atoms with van der Waals surface area (Å²) in [5.41, 5.74) is 5.66. The number of hydrogen-bond donors (Lipinski definition) is 1. The van der Waals surface area contributed by atoms with E-state index in [1.807, 2.05) is 26.8 Å². The van der Waals surface area contributed by atoms with E-state index in [4.69, 9.17) is 9.47 Å². The topological polar surface area (TPSA) is 57.3 Å². The molecule has 0 aromatic heterocycles. The Labute approximate surface area is 196 Å². The number of carbonyl (C=O) groups is 1. The zero-order chi connectivity index (χ0) is 24.2. The Morgan fingerprint density at radius 2 is 1.88 bits per heavy atom. The van der Waals surface area contributed by atoms with Crippen LogP contribution in [0.15, 0.2) is 36.0 Å². The third-order valence-corrected chi connectivity index (χ3v) is 5.37. The molecule has 33 heavy (non-hydrogen) atoms. The molecule has 0 unspecified atom stereocenters. The highest BCUT2D eigenvalue weighted by Crippen LogP contribution is 2.25. The summed E-state index contributed by atoms with van der Waals surface area (Å²) in [5, 5.41) is 2.06. The number of hydrogen-bond acceptors (Lipinski definition) is 6. The second-order valence-corrected chi connectivity index (χ2v) is 10.0. The van der Waals surface area contributed by atoms with Crippen molar-refractivity contribution in [1.29, 1.82) is 0 Å². The zero-order valence-corrected chi connectivity index (χ0v) is 20.7. The number of nitrogens with zero attached hydrogens (tertiary/aromatic N) is 3. The van der Waals surface area contributed by atoms with Crippen LogP contribution >= 0.6 is 0 Å². The lowest BCUT2D eigenvalue weighted by atomic mass is 10.1. The van der Waals surface area contributed by atoms with Crippen LogP contribution in [0, 0.1) is 11.7 Å². The SMILES string of the molecule is COc1ccc(C2=CC(CN3CCN(C(=O)OC(C)(C)C)CC3)=CN(CC(C)C)N2)cc1F.